The topological polar surface area (TPSA) is 111 Å². The quantitative estimate of drug-likeness (QED) is 0.0262. The van der Waals surface area contributed by atoms with Gasteiger partial charge in [0.25, 0.3) is 7.82 Å². The van der Waals surface area contributed by atoms with E-state index in [2.05, 4.69) is 13.8 Å². The second-order valence-electron chi connectivity index (χ2n) is 16.1. The number of phosphoric ester groups is 1. The molecule has 0 heterocycles. The zero-order chi connectivity index (χ0) is 38.6. The Morgan fingerprint density at radius 1 is 0.509 bits per heavy atom. The first-order valence-corrected chi connectivity index (χ1v) is 23.5. The third-order valence-electron chi connectivity index (χ3n) is 9.50. The first-order valence-electron chi connectivity index (χ1n) is 22.0. The van der Waals surface area contributed by atoms with Gasteiger partial charge in [-0.3, -0.25) is 14.2 Å². The Hall–Kier alpha value is 0.0500. The summed E-state index contributed by atoms with van der Waals surface area (Å²) >= 11 is 0. The summed E-state index contributed by atoms with van der Waals surface area (Å²) < 4.78 is 33.3. The molecule has 0 aromatic heterocycles. The van der Waals surface area contributed by atoms with Crippen molar-refractivity contribution < 1.29 is 67.1 Å². The fourth-order valence-electron chi connectivity index (χ4n) is 6.44. The molecule has 0 saturated carbocycles. The second-order valence-corrected chi connectivity index (χ2v) is 17.5. The smallest absolute Gasteiger partial charge is 0.756 e. The van der Waals surface area contributed by atoms with Gasteiger partial charge in [0.15, 0.2) is 6.10 Å². The van der Waals surface area contributed by atoms with Crippen LogP contribution in [0.15, 0.2) is 0 Å². The molecule has 0 aliphatic carbocycles. The fourth-order valence-corrected chi connectivity index (χ4v) is 7.51. The predicted octanol–water partition coefficient (Wildman–Crippen LogP) is 10.3. The normalized spacial score (nSPS) is 13.3. The number of hydrogen-bond donors (Lipinski definition) is 0. The van der Waals surface area contributed by atoms with Gasteiger partial charge in [-0.05, 0) is 33.6 Å². The van der Waals surface area contributed by atoms with E-state index in [-0.39, 0.29) is 55.0 Å². The summed E-state index contributed by atoms with van der Waals surface area (Å²) in [7, 11) is -4.64. The maximum atomic E-state index is 12.6. The van der Waals surface area contributed by atoms with Gasteiger partial charge in [-0.15, -0.1) is 0 Å². The standard InChI is InChI=1S/C43H85O8P.Na/c1-6-8-10-12-14-16-18-20-22-24-26-28-30-32-34-36-41(44)48-38-40(39-49-52(46,47)51-43(3,4)5)50-42(45)37-35-33-31-29-27-25-23-21-19-17-15-13-11-9-7-2;/h40H,6-39H2,1-5H3,(H,46,47);/q;+1/p-1. The monoisotopic (exact) mass is 783 g/mol. The maximum absolute atomic E-state index is 12.6. The van der Waals surface area contributed by atoms with Gasteiger partial charge in [0.1, 0.15) is 6.61 Å². The largest absolute Gasteiger partial charge is 1.00 e. The van der Waals surface area contributed by atoms with Crippen LogP contribution in [0.25, 0.3) is 0 Å². The fraction of sp³-hybridized carbons (Fsp3) is 0.953. The van der Waals surface area contributed by atoms with Crippen LogP contribution in [0.4, 0.5) is 0 Å². The summed E-state index contributed by atoms with van der Waals surface area (Å²) in [6, 6.07) is 0. The molecule has 0 aromatic carbocycles. The molecule has 0 N–H and O–H groups in total. The Balaban J connectivity index is 0. The van der Waals surface area contributed by atoms with Gasteiger partial charge >= 0.3 is 41.5 Å². The van der Waals surface area contributed by atoms with Gasteiger partial charge < -0.3 is 23.4 Å². The number of ether oxygens (including phenoxy) is 2. The van der Waals surface area contributed by atoms with Gasteiger partial charge in [-0.25, -0.2) is 0 Å². The van der Waals surface area contributed by atoms with Crippen LogP contribution in [0, 0.1) is 0 Å². The molecule has 53 heavy (non-hydrogen) atoms. The molecule has 0 radical (unpaired) electrons. The number of unbranched alkanes of at least 4 members (excludes halogenated alkanes) is 28. The maximum Gasteiger partial charge on any atom is 1.00 e. The molecule has 0 aliphatic heterocycles. The van der Waals surface area contributed by atoms with Crippen molar-refractivity contribution >= 4 is 19.8 Å². The average Bonchev–Trinajstić information content (AvgIpc) is 3.08. The third kappa shape index (κ3) is 43.0. The third-order valence-corrected chi connectivity index (χ3v) is 10.7. The first-order chi connectivity index (χ1) is 25.0. The number of hydrogen-bond acceptors (Lipinski definition) is 8. The molecule has 10 heteroatoms. The first kappa shape index (κ1) is 55.1. The van der Waals surface area contributed by atoms with Crippen LogP contribution in [0.3, 0.4) is 0 Å². The van der Waals surface area contributed by atoms with E-state index in [1.807, 2.05) is 0 Å². The van der Waals surface area contributed by atoms with E-state index in [9.17, 15) is 19.0 Å². The molecule has 0 rings (SSSR count). The molecule has 0 saturated heterocycles. The summed E-state index contributed by atoms with van der Waals surface area (Å²) in [5.41, 5.74) is -0.962. The molecule has 0 spiro atoms. The SMILES string of the molecule is CCCCCCCCCCCCCCCCCC(=O)OCC(COP(=O)([O-])OC(C)(C)C)OC(=O)CCCCCCCCCCCCCCCCC.[Na+]. The minimum atomic E-state index is -4.64. The molecule has 0 aliphatic rings. The number of esters is 2. The molecular weight excluding hydrogens is 698 g/mol. The zero-order valence-electron chi connectivity index (χ0n) is 35.8. The van der Waals surface area contributed by atoms with Crippen molar-refractivity contribution in [2.75, 3.05) is 13.2 Å². The van der Waals surface area contributed by atoms with Crippen LogP contribution in [0.5, 0.6) is 0 Å². The summed E-state index contributed by atoms with van der Waals surface area (Å²) in [6.45, 7) is 8.62. The summed E-state index contributed by atoms with van der Waals surface area (Å²) in [4.78, 5) is 37.4. The number of carbonyl (C=O) groups is 2. The number of rotatable bonds is 39. The Morgan fingerprint density at radius 2 is 0.811 bits per heavy atom. The Labute approximate surface area is 350 Å². The van der Waals surface area contributed by atoms with E-state index < -0.39 is 32.1 Å². The number of phosphoric acid groups is 1. The van der Waals surface area contributed by atoms with Crippen molar-refractivity contribution in [1.82, 2.24) is 0 Å². The van der Waals surface area contributed by atoms with E-state index in [0.717, 1.165) is 32.1 Å². The Morgan fingerprint density at radius 3 is 1.13 bits per heavy atom. The summed E-state index contributed by atoms with van der Waals surface area (Å²) in [5, 5.41) is 0. The van der Waals surface area contributed by atoms with E-state index >= 15 is 0 Å². The average molecular weight is 783 g/mol. The van der Waals surface area contributed by atoms with Crippen LogP contribution in [-0.2, 0) is 32.7 Å². The van der Waals surface area contributed by atoms with E-state index in [0.29, 0.717) is 6.42 Å². The van der Waals surface area contributed by atoms with Crippen LogP contribution < -0.4 is 34.5 Å². The second kappa shape index (κ2) is 38.9. The van der Waals surface area contributed by atoms with Crippen molar-refractivity contribution in [2.45, 2.75) is 252 Å². The van der Waals surface area contributed by atoms with Gasteiger partial charge in [0.05, 0.1) is 12.2 Å². The Kier molecular flexibility index (Phi) is 40.5. The van der Waals surface area contributed by atoms with Gasteiger partial charge in [-0.1, -0.05) is 194 Å². The van der Waals surface area contributed by atoms with E-state index in [4.69, 9.17) is 18.5 Å². The van der Waals surface area contributed by atoms with Gasteiger partial charge in [0, 0.05) is 12.8 Å². The molecular formula is C43H84NaO8P. The summed E-state index contributed by atoms with van der Waals surface area (Å²) in [6.07, 6.45) is 36.9. The molecule has 2 unspecified atom stereocenters. The minimum absolute atomic E-state index is 0. The van der Waals surface area contributed by atoms with E-state index in [1.54, 1.807) is 20.8 Å². The molecule has 0 bridgehead atoms. The summed E-state index contributed by atoms with van der Waals surface area (Å²) in [5.74, 6) is -0.825. The van der Waals surface area contributed by atoms with Gasteiger partial charge in [0.2, 0.25) is 0 Å². The minimum Gasteiger partial charge on any atom is -0.756 e. The van der Waals surface area contributed by atoms with Crippen molar-refractivity contribution in [2.24, 2.45) is 0 Å². The molecule has 0 fully saturated rings. The van der Waals surface area contributed by atoms with Crippen LogP contribution >= 0.6 is 7.82 Å². The Bertz CT molecular complexity index is 866. The molecule has 0 amide bonds. The van der Waals surface area contributed by atoms with Crippen molar-refractivity contribution in [1.29, 1.82) is 0 Å². The van der Waals surface area contributed by atoms with Crippen molar-refractivity contribution in [3.63, 3.8) is 0 Å². The molecule has 310 valence electrons. The van der Waals surface area contributed by atoms with Crippen LogP contribution in [-0.4, -0.2) is 36.9 Å². The van der Waals surface area contributed by atoms with Crippen LogP contribution in [0.2, 0.25) is 0 Å². The van der Waals surface area contributed by atoms with Crippen molar-refractivity contribution in [3.05, 3.63) is 0 Å². The van der Waals surface area contributed by atoms with E-state index in [1.165, 1.54) is 154 Å². The number of carbonyl (C=O) groups excluding carboxylic acids is 2. The molecule has 2 atom stereocenters. The van der Waals surface area contributed by atoms with Gasteiger partial charge in [-0.2, -0.15) is 0 Å². The predicted molar refractivity (Wildman–Crippen MR) is 214 cm³/mol. The molecule has 8 nitrogen and oxygen atoms in total. The van der Waals surface area contributed by atoms with Crippen LogP contribution in [0.1, 0.15) is 240 Å². The molecule has 0 aromatic rings. The zero-order valence-corrected chi connectivity index (χ0v) is 38.7. The van der Waals surface area contributed by atoms with Crippen molar-refractivity contribution in [3.8, 4) is 0 Å².